The number of nitro groups is 1. The summed E-state index contributed by atoms with van der Waals surface area (Å²) in [5, 5.41) is 20.2. The van der Waals surface area contributed by atoms with Crippen molar-refractivity contribution in [1.82, 2.24) is 4.98 Å². The Kier molecular flexibility index (Phi) is 4.69. The van der Waals surface area contributed by atoms with E-state index >= 15 is 0 Å². The van der Waals surface area contributed by atoms with Gasteiger partial charge in [0.25, 0.3) is 5.69 Å². The van der Waals surface area contributed by atoms with Crippen LogP contribution in [-0.4, -0.2) is 33.1 Å². The van der Waals surface area contributed by atoms with Crippen LogP contribution in [0.25, 0.3) is 0 Å². The first-order chi connectivity index (χ1) is 9.14. The Morgan fingerprint density at radius 2 is 2.15 bits per heavy atom. The van der Waals surface area contributed by atoms with Gasteiger partial charge in [0.2, 0.25) is 0 Å². The van der Waals surface area contributed by atoms with Gasteiger partial charge in [-0.15, -0.1) is 0 Å². The maximum absolute atomic E-state index is 11.4. The third kappa shape index (κ3) is 2.74. The molecule has 0 radical (unpaired) electrons. The molecule has 0 saturated carbocycles. The van der Waals surface area contributed by atoms with Crippen molar-refractivity contribution in [2.45, 2.75) is 33.2 Å². The average Bonchev–Trinajstić information content (AvgIpc) is 2.34. The molecule has 0 bridgehead atoms. The number of carbonyl (C=O) groups is 1. The van der Waals surface area contributed by atoms with E-state index in [1.807, 2.05) is 0 Å². The topological polar surface area (TPSA) is 96.6 Å². The van der Waals surface area contributed by atoms with Crippen molar-refractivity contribution in [3.8, 4) is 0 Å². The molecule has 1 rings (SSSR count). The molecule has 110 valence electrons. The van der Waals surface area contributed by atoms with Gasteiger partial charge in [0.05, 0.1) is 9.40 Å². The summed E-state index contributed by atoms with van der Waals surface area (Å²) < 4.78 is 0.433. The molecule has 7 nitrogen and oxygen atoms in total. The monoisotopic (exact) mass is 345 g/mol. The minimum absolute atomic E-state index is 0.107. The first kappa shape index (κ1) is 16.4. The zero-order valence-corrected chi connectivity index (χ0v) is 13.3. The Morgan fingerprint density at radius 1 is 1.60 bits per heavy atom. The van der Waals surface area contributed by atoms with Gasteiger partial charge in [-0.25, -0.2) is 9.78 Å². The second-order valence-corrected chi connectivity index (χ2v) is 5.56. The summed E-state index contributed by atoms with van der Waals surface area (Å²) in [7, 11) is 0. The number of aliphatic carboxylic acids is 1. The largest absolute Gasteiger partial charge is 0.480 e. The van der Waals surface area contributed by atoms with Crippen LogP contribution in [0.15, 0.2) is 10.7 Å². The van der Waals surface area contributed by atoms with Crippen molar-refractivity contribution < 1.29 is 14.8 Å². The van der Waals surface area contributed by atoms with Crippen LogP contribution in [0, 0.1) is 17.0 Å². The first-order valence-corrected chi connectivity index (χ1v) is 6.74. The Morgan fingerprint density at radius 3 is 2.55 bits per heavy atom. The van der Waals surface area contributed by atoms with Gasteiger partial charge in [-0.2, -0.15) is 0 Å². The molecule has 0 aliphatic carbocycles. The number of carboxylic acids is 1. The first-order valence-electron chi connectivity index (χ1n) is 5.95. The Bertz CT molecular complexity index is 560. The lowest BCUT2D eigenvalue weighted by atomic mass is 10.0. The van der Waals surface area contributed by atoms with Crippen LogP contribution >= 0.6 is 15.9 Å². The molecule has 1 aromatic rings. The van der Waals surface area contributed by atoms with E-state index in [9.17, 15) is 20.0 Å². The van der Waals surface area contributed by atoms with E-state index in [2.05, 4.69) is 20.9 Å². The Labute approximate surface area is 124 Å². The summed E-state index contributed by atoms with van der Waals surface area (Å²) in [6, 6.07) is 0. The van der Waals surface area contributed by atoms with Crippen molar-refractivity contribution in [2.24, 2.45) is 0 Å². The van der Waals surface area contributed by atoms with E-state index in [0.29, 0.717) is 22.4 Å². The number of carboxylic acid groups (broad SMARTS) is 1. The molecular weight excluding hydrogens is 330 g/mol. The molecule has 0 fully saturated rings. The summed E-state index contributed by atoms with van der Waals surface area (Å²) in [4.78, 5) is 27.4. The molecule has 0 aliphatic rings. The molecule has 0 atom stereocenters. The van der Waals surface area contributed by atoms with E-state index in [1.54, 1.807) is 32.6 Å². The van der Waals surface area contributed by atoms with Crippen LogP contribution in [0.4, 0.5) is 11.5 Å². The van der Waals surface area contributed by atoms with E-state index in [-0.39, 0.29) is 5.69 Å². The number of pyridine rings is 1. The van der Waals surface area contributed by atoms with Gasteiger partial charge in [-0.1, -0.05) is 0 Å². The maximum Gasteiger partial charge on any atom is 0.328 e. The van der Waals surface area contributed by atoms with Crippen molar-refractivity contribution in [3.05, 3.63) is 26.3 Å². The number of hydrogen-bond acceptors (Lipinski definition) is 5. The molecule has 0 spiro atoms. The van der Waals surface area contributed by atoms with Gasteiger partial charge in [0.15, 0.2) is 0 Å². The molecule has 1 aromatic heterocycles. The van der Waals surface area contributed by atoms with Gasteiger partial charge in [0, 0.05) is 12.1 Å². The Balaban J connectivity index is 3.43. The quantitative estimate of drug-likeness (QED) is 0.650. The van der Waals surface area contributed by atoms with Crippen LogP contribution < -0.4 is 4.90 Å². The summed E-state index contributed by atoms with van der Waals surface area (Å²) in [5.74, 6) is -0.618. The minimum atomic E-state index is -1.17. The molecule has 20 heavy (non-hydrogen) atoms. The number of likely N-dealkylation sites (N-methyl/N-ethyl adjacent to an activating group) is 1. The lowest BCUT2D eigenvalue weighted by Gasteiger charge is -2.35. The van der Waals surface area contributed by atoms with Crippen LogP contribution in [0.5, 0.6) is 0 Å². The van der Waals surface area contributed by atoms with Crippen molar-refractivity contribution >= 4 is 33.4 Å². The third-order valence-electron chi connectivity index (χ3n) is 3.19. The molecule has 0 unspecified atom stereocenters. The highest BCUT2D eigenvalue weighted by atomic mass is 79.9. The lowest BCUT2D eigenvalue weighted by molar-refractivity contribution is -0.385. The lowest BCUT2D eigenvalue weighted by Crippen LogP contribution is -2.50. The van der Waals surface area contributed by atoms with Crippen molar-refractivity contribution in [3.63, 3.8) is 0 Å². The van der Waals surface area contributed by atoms with Crippen molar-refractivity contribution in [1.29, 1.82) is 0 Å². The predicted molar refractivity (Wildman–Crippen MR) is 78.1 cm³/mol. The van der Waals surface area contributed by atoms with Crippen LogP contribution in [0.3, 0.4) is 0 Å². The summed E-state index contributed by atoms with van der Waals surface area (Å²) in [6.07, 6.45) is 1.15. The molecule has 0 amide bonds. The SMILES string of the molecule is CCN(c1ncc([N+](=O)[O-])c(C)c1Br)C(C)(C)C(=O)O. The molecular formula is C12H16BrN3O4. The van der Waals surface area contributed by atoms with Gasteiger partial charge in [-0.05, 0) is 43.6 Å². The van der Waals surface area contributed by atoms with Gasteiger partial charge < -0.3 is 10.0 Å². The number of halogens is 1. The second kappa shape index (κ2) is 5.74. The number of rotatable bonds is 5. The molecule has 0 aliphatic heterocycles. The molecule has 0 aromatic carbocycles. The zero-order valence-electron chi connectivity index (χ0n) is 11.7. The number of hydrogen-bond donors (Lipinski definition) is 1. The van der Waals surface area contributed by atoms with E-state index in [0.717, 1.165) is 6.20 Å². The van der Waals surface area contributed by atoms with Crippen LogP contribution in [0.1, 0.15) is 26.3 Å². The van der Waals surface area contributed by atoms with Gasteiger partial charge in [-0.3, -0.25) is 10.1 Å². The van der Waals surface area contributed by atoms with Crippen molar-refractivity contribution in [2.75, 3.05) is 11.4 Å². The highest BCUT2D eigenvalue weighted by Gasteiger charge is 2.36. The fourth-order valence-electron chi connectivity index (χ4n) is 1.85. The maximum atomic E-state index is 11.4. The summed E-state index contributed by atoms with van der Waals surface area (Å²) in [6.45, 7) is 6.92. The fraction of sp³-hybridized carbons (Fsp3) is 0.500. The third-order valence-corrected chi connectivity index (χ3v) is 4.14. The molecule has 1 N–H and O–H groups in total. The van der Waals surface area contributed by atoms with Crippen LogP contribution in [-0.2, 0) is 4.79 Å². The van der Waals surface area contributed by atoms with Crippen LogP contribution in [0.2, 0.25) is 0 Å². The summed E-state index contributed by atoms with van der Waals surface area (Å²) >= 11 is 3.28. The minimum Gasteiger partial charge on any atom is -0.480 e. The van der Waals surface area contributed by atoms with E-state index in [1.165, 1.54) is 0 Å². The number of aromatic nitrogens is 1. The van der Waals surface area contributed by atoms with Gasteiger partial charge in [0.1, 0.15) is 17.6 Å². The molecule has 0 saturated heterocycles. The molecule has 8 heteroatoms. The normalized spacial score (nSPS) is 11.2. The van der Waals surface area contributed by atoms with E-state index < -0.39 is 16.4 Å². The zero-order chi connectivity index (χ0) is 15.7. The standard InChI is InChI=1S/C12H16BrN3O4/c1-5-15(12(3,4)11(17)18)10-9(13)7(2)8(6-14-10)16(19)20/h6H,5H2,1-4H3,(H,17,18). The smallest absolute Gasteiger partial charge is 0.328 e. The number of anilines is 1. The Hall–Kier alpha value is -1.70. The highest BCUT2D eigenvalue weighted by Crippen LogP contribution is 2.35. The fourth-order valence-corrected chi connectivity index (χ4v) is 2.37. The van der Waals surface area contributed by atoms with Gasteiger partial charge >= 0.3 is 5.97 Å². The predicted octanol–water partition coefficient (Wildman–Crippen LogP) is 2.75. The highest BCUT2D eigenvalue weighted by molar-refractivity contribution is 9.10. The summed E-state index contributed by atoms with van der Waals surface area (Å²) in [5.41, 5.74) is -0.864. The second-order valence-electron chi connectivity index (χ2n) is 4.77. The van der Waals surface area contributed by atoms with E-state index in [4.69, 9.17) is 0 Å². The average molecular weight is 346 g/mol. The number of nitrogens with zero attached hydrogens (tertiary/aromatic N) is 3. The molecule has 1 heterocycles.